The van der Waals surface area contributed by atoms with Crippen molar-refractivity contribution in [3.63, 3.8) is 0 Å². The number of fused-ring (bicyclic) bond motifs is 5. The summed E-state index contributed by atoms with van der Waals surface area (Å²) < 4.78 is 28.6. The number of rotatable bonds is 3. The summed E-state index contributed by atoms with van der Waals surface area (Å²) in [6.07, 6.45) is -0.370. The molecule has 0 aliphatic carbocycles. The van der Waals surface area contributed by atoms with Crippen molar-refractivity contribution in [3.05, 3.63) is 65.4 Å². The van der Waals surface area contributed by atoms with E-state index in [9.17, 15) is 8.78 Å². The van der Waals surface area contributed by atoms with Gasteiger partial charge in [-0.15, -0.1) is 16.4 Å². The van der Waals surface area contributed by atoms with Crippen LogP contribution in [0.15, 0.2) is 42.7 Å². The highest BCUT2D eigenvalue weighted by atomic mass is 32.1. The molecular weight excluding hydrogens is 368 g/mol. The molecule has 1 aromatic carbocycles. The Bertz CT molecular complexity index is 1290. The minimum atomic E-state index is -2.60. The molecule has 5 nitrogen and oxygen atoms in total. The highest BCUT2D eigenvalue weighted by Gasteiger charge is 2.19. The molecule has 0 fully saturated rings. The van der Waals surface area contributed by atoms with Crippen LogP contribution in [-0.2, 0) is 6.42 Å². The first kappa shape index (κ1) is 16.2. The zero-order valence-electron chi connectivity index (χ0n) is 14.2. The minimum absolute atomic E-state index is 0.214. The topological polar surface area (TPSA) is 56.0 Å². The number of thiophene rings is 1. The molecule has 0 atom stereocenters. The van der Waals surface area contributed by atoms with E-state index in [4.69, 9.17) is 0 Å². The SMILES string of the molecule is Cc1cc(C(F)F)nc2sc3c(ncn4nc(Cc5ccccc5)nc34)c12. The van der Waals surface area contributed by atoms with Crippen LogP contribution in [0.5, 0.6) is 0 Å². The predicted octanol–water partition coefficient (Wildman–Crippen LogP) is 4.72. The van der Waals surface area contributed by atoms with E-state index in [0.717, 1.165) is 26.7 Å². The van der Waals surface area contributed by atoms with Crippen molar-refractivity contribution in [2.24, 2.45) is 0 Å². The van der Waals surface area contributed by atoms with E-state index in [1.54, 1.807) is 17.8 Å². The van der Waals surface area contributed by atoms with E-state index in [0.29, 0.717) is 22.7 Å². The molecule has 0 saturated carbocycles. The van der Waals surface area contributed by atoms with Crippen LogP contribution in [0, 0.1) is 6.92 Å². The lowest BCUT2D eigenvalue weighted by atomic mass is 10.1. The molecule has 4 heterocycles. The lowest BCUT2D eigenvalue weighted by Gasteiger charge is -2.01. The van der Waals surface area contributed by atoms with Crippen LogP contribution < -0.4 is 0 Å². The third-order valence-corrected chi connectivity index (χ3v) is 5.53. The zero-order chi connectivity index (χ0) is 18.5. The van der Waals surface area contributed by atoms with Gasteiger partial charge in [-0.05, 0) is 24.1 Å². The molecule has 0 bridgehead atoms. The van der Waals surface area contributed by atoms with Gasteiger partial charge in [-0.25, -0.2) is 28.2 Å². The van der Waals surface area contributed by atoms with E-state index in [1.807, 2.05) is 30.3 Å². The van der Waals surface area contributed by atoms with Crippen molar-refractivity contribution in [3.8, 4) is 0 Å². The molecule has 5 aromatic rings. The van der Waals surface area contributed by atoms with Gasteiger partial charge in [0, 0.05) is 11.8 Å². The first-order chi connectivity index (χ1) is 13.1. The van der Waals surface area contributed by atoms with Gasteiger partial charge in [0.15, 0.2) is 11.5 Å². The van der Waals surface area contributed by atoms with Gasteiger partial charge in [0.25, 0.3) is 6.43 Å². The molecule has 0 amide bonds. The Balaban J connectivity index is 1.71. The van der Waals surface area contributed by atoms with Gasteiger partial charge < -0.3 is 0 Å². The van der Waals surface area contributed by atoms with Crippen LogP contribution in [0.25, 0.3) is 26.1 Å². The predicted molar refractivity (Wildman–Crippen MR) is 100 cm³/mol. The molecule has 0 aliphatic heterocycles. The number of pyridine rings is 1. The Morgan fingerprint density at radius 3 is 2.74 bits per heavy atom. The Morgan fingerprint density at radius 1 is 1.15 bits per heavy atom. The minimum Gasteiger partial charge on any atom is -0.236 e. The van der Waals surface area contributed by atoms with Gasteiger partial charge in [0.05, 0.1) is 5.52 Å². The second-order valence-electron chi connectivity index (χ2n) is 6.33. The van der Waals surface area contributed by atoms with Crippen molar-refractivity contribution in [1.82, 2.24) is 24.6 Å². The summed E-state index contributed by atoms with van der Waals surface area (Å²) in [6, 6.07) is 11.4. The molecule has 4 aromatic heterocycles. The Kier molecular flexibility index (Phi) is 3.61. The first-order valence-electron chi connectivity index (χ1n) is 8.36. The second-order valence-corrected chi connectivity index (χ2v) is 7.33. The monoisotopic (exact) mass is 381 g/mol. The van der Waals surface area contributed by atoms with Crippen molar-refractivity contribution < 1.29 is 8.78 Å². The van der Waals surface area contributed by atoms with Crippen molar-refractivity contribution in [2.45, 2.75) is 19.8 Å². The number of hydrogen-bond donors (Lipinski definition) is 0. The van der Waals surface area contributed by atoms with Crippen LogP contribution in [0.4, 0.5) is 8.78 Å². The Morgan fingerprint density at radius 2 is 1.96 bits per heavy atom. The normalized spacial score (nSPS) is 12.0. The Labute approximate surface area is 156 Å². The van der Waals surface area contributed by atoms with Crippen molar-refractivity contribution >= 4 is 37.4 Å². The van der Waals surface area contributed by atoms with Gasteiger partial charge in [0.2, 0.25) is 0 Å². The van der Waals surface area contributed by atoms with Gasteiger partial charge >= 0.3 is 0 Å². The van der Waals surface area contributed by atoms with E-state index in [1.165, 1.54) is 17.4 Å². The van der Waals surface area contributed by atoms with E-state index in [-0.39, 0.29) is 5.69 Å². The number of aromatic nitrogens is 5. The summed E-state index contributed by atoms with van der Waals surface area (Å²) in [4.78, 5) is 13.8. The van der Waals surface area contributed by atoms with Crippen LogP contribution in [0.2, 0.25) is 0 Å². The van der Waals surface area contributed by atoms with Crippen LogP contribution in [0.3, 0.4) is 0 Å². The number of benzene rings is 1. The smallest absolute Gasteiger partial charge is 0.236 e. The molecule has 0 aliphatic rings. The zero-order valence-corrected chi connectivity index (χ0v) is 15.0. The van der Waals surface area contributed by atoms with Gasteiger partial charge in [0.1, 0.15) is 21.6 Å². The largest absolute Gasteiger partial charge is 0.280 e. The summed E-state index contributed by atoms with van der Waals surface area (Å²) in [7, 11) is 0. The van der Waals surface area contributed by atoms with E-state index < -0.39 is 6.43 Å². The van der Waals surface area contributed by atoms with Gasteiger partial charge in [-0.1, -0.05) is 30.3 Å². The average Bonchev–Trinajstić information content (AvgIpc) is 3.22. The highest BCUT2D eigenvalue weighted by molar-refractivity contribution is 7.26. The van der Waals surface area contributed by atoms with Crippen LogP contribution >= 0.6 is 11.3 Å². The molecule has 8 heteroatoms. The lowest BCUT2D eigenvalue weighted by Crippen LogP contribution is -1.93. The maximum Gasteiger partial charge on any atom is 0.280 e. The molecule has 0 radical (unpaired) electrons. The average molecular weight is 381 g/mol. The molecule has 0 spiro atoms. The fraction of sp³-hybridized carbons (Fsp3) is 0.158. The lowest BCUT2D eigenvalue weighted by molar-refractivity contribution is 0.146. The fourth-order valence-corrected chi connectivity index (χ4v) is 4.43. The first-order valence-corrected chi connectivity index (χ1v) is 9.18. The van der Waals surface area contributed by atoms with Crippen LogP contribution in [0.1, 0.15) is 29.1 Å². The number of alkyl halides is 2. The second kappa shape index (κ2) is 6.02. The summed E-state index contributed by atoms with van der Waals surface area (Å²) >= 11 is 1.33. The highest BCUT2D eigenvalue weighted by Crippen LogP contribution is 2.36. The molecule has 134 valence electrons. The summed E-state index contributed by atoms with van der Waals surface area (Å²) in [6.45, 7) is 1.80. The molecule has 5 rings (SSSR count). The summed E-state index contributed by atoms with van der Waals surface area (Å²) in [5.41, 5.74) is 3.04. The van der Waals surface area contributed by atoms with Gasteiger partial charge in [-0.2, -0.15) is 0 Å². The molecule has 0 unspecified atom stereocenters. The molecular formula is C19H13F2N5S. The molecule has 0 N–H and O–H groups in total. The van der Waals surface area contributed by atoms with Crippen molar-refractivity contribution in [2.75, 3.05) is 0 Å². The third kappa shape index (κ3) is 2.64. The maximum atomic E-state index is 13.1. The quantitative estimate of drug-likeness (QED) is 0.454. The summed E-state index contributed by atoms with van der Waals surface area (Å²) in [5.74, 6) is 0.686. The maximum absolute atomic E-state index is 13.1. The Hall–Kier alpha value is -3.00. The fourth-order valence-electron chi connectivity index (χ4n) is 3.24. The van der Waals surface area contributed by atoms with Crippen LogP contribution in [-0.4, -0.2) is 24.6 Å². The number of hydrogen-bond acceptors (Lipinski definition) is 5. The van der Waals surface area contributed by atoms with Crippen molar-refractivity contribution in [1.29, 1.82) is 0 Å². The summed E-state index contributed by atoms with van der Waals surface area (Å²) in [5, 5.41) is 5.31. The third-order valence-electron chi connectivity index (χ3n) is 4.46. The molecule has 27 heavy (non-hydrogen) atoms. The molecule has 0 saturated heterocycles. The number of halogens is 2. The standard InChI is InChI=1S/C19H13F2N5S/c1-10-7-12(17(20)21)23-19-14(10)15-16(27-19)18-24-13(25-26(18)9-22-15)8-11-5-3-2-4-6-11/h2-7,9,17H,8H2,1H3. The number of nitrogens with zero attached hydrogens (tertiary/aromatic N) is 5. The van der Waals surface area contributed by atoms with E-state index >= 15 is 0 Å². The van der Waals surface area contributed by atoms with Gasteiger partial charge in [-0.3, -0.25) is 0 Å². The number of aryl methyl sites for hydroxylation is 1. The van der Waals surface area contributed by atoms with E-state index in [2.05, 4.69) is 20.1 Å².